The van der Waals surface area contributed by atoms with E-state index >= 15 is 0 Å². The minimum atomic E-state index is 0.543. The number of aromatic nitrogens is 2. The number of halogens is 2. The van der Waals surface area contributed by atoms with E-state index in [1.165, 1.54) is 0 Å². The lowest BCUT2D eigenvalue weighted by atomic mass is 10.3. The molecule has 2 aromatic carbocycles. The topological polar surface area (TPSA) is 29.9 Å². The molecule has 0 aliphatic rings. The molecule has 3 nitrogen and oxygen atoms in total. The summed E-state index contributed by atoms with van der Waals surface area (Å²) < 4.78 is 2.16. The molecular weight excluding hydrogens is 305 g/mol. The van der Waals surface area contributed by atoms with Gasteiger partial charge in [0.25, 0.3) is 0 Å². The van der Waals surface area contributed by atoms with Gasteiger partial charge in [-0.25, -0.2) is 4.98 Å². The van der Waals surface area contributed by atoms with Crippen LogP contribution in [0.15, 0.2) is 42.5 Å². The van der Waals surface area contributed by atoms with Crippen molar-refractivity contribution in [2.45, 2.75) is 20.0 Å². The highest BCUT2D eigenvalue weighted by Gasteiger charge is 2.09. The van der Waals surface area contributed by atoms with Crippen molar-refractivity contribution in [3.05, 3.63) is 58.3 Å². The highest BCUT2D eigenvalue weighted by Crippen LogP contribution is 2.29. The standard InChI is InChI=1S/C16H15Cl2N3/c1-2-15-20-12-7-3-4-9-14(12)21(15)10-19-13-8-5-6-11(17)16(13)18/h3-9,19H,2,10H2,1H3. The van der Waals surface area contributed by atoms with Gasteiger partial charge in [0.05, 0.1) is 33.4 Å². The number of hydrogen-bond acceptors (Lipinski definition) is 2. The van der Waals surface area contributed by atoms with Gasteiger partial charge in [-0.05, 0) is 24.3 Å². The number of nitrogens with zero attached hydrogens (tertiary/aromatic N) is 2. The van der Waals surface area contributed by atoms with Crippen LogP contribution in [0.5, 0.6) is 0 Å². The van der Waals surface area contributed by atoms with E-state index in [4.69, 9.17) is 23.2 Å². The maximum absolute atomic E-state index is 6.21. The Morgan fingerprint density at radius 1 is 1.10 bits per heavy atom. The van der Waals surface area contributed by atoms with E-state index in [0.717, 1.165) is 29.0 Å². The highest BCUT2D eigenvalue weighted by molar-refractivity contribution is 6.43. The summed E-state index contributed by atoms with van der Waals surface area (Å²) in [6.45, 7) is 2.70. The quantitative estimate of drug-likeness (QED) is 0.735. The summed E-state index contributed by atoms with van der Waals surface area (Å²) in [5.41, 5.74) is 2.94. The summed E-state index contributed by atoms with van der Waals surface area (Å²) in [5, 5.41) is 4.42. The van der Waals surface area contributed by atoms with Crippen LogP contribution in [0.4, 0.5) is 5.69 Å². The van der Waals surface area contributed by atoms with E-state index in [1.807, 2.05) is 30.3 Å². The molecule has 1 heterocycles. The zero-order valence-electron chi connectivity index (χ0n) is 11.6. The van der Waals surface area contributed by atoms with E-state index in [9.17, 15) is 0 Å². The van der Waals surface area contributed by atoms with Crippen molar-refractivity contribution in [2.24, 2.45) is 0 Å². The smallest absolute Gasteiger partial charge is 0.111 e. The Hall–Kier alpha value is -1.71. The number of imidazole rings is 1. The molecule has 0 bridgehead atoms. The molecule has 5 heteroatoms. The van der Waals surface area contributed by atoms with Crippen LogP contribution < -0.4 is 5.32 Å². The molecule has 3 rings (SSSR count). The third kappa shape index (κ3) is 2.71. The van der Waals surface area contributed by atoms with Gasteiger partial charge >= 0.3 is 0 Å². The second kappa shape index (κ2) is 5.96. The molecule has 0 saturated heterocycles. The van der Waals surface area contributed by atoms with Crippen LogP contribution in [0.2, 0.25) is 10.0 Å². The van der Waals surface area contributed by atoms with Gasteiger partial charge in [0.15, 0.2) is 0 Å². The number of rotatable bonds is 4. The fourth-order valence-corrected chi connectivity index (χ4v) is 2.74. The van der Waals surface area contributed by atoms with Crippen molar-refractivity contribution < 1.29 is 0 Å². The summed E-state index contributed by atoms with van der Waals surface area (Å²) in [5.74, 6) is 1.04. The second-order valence-electron chi connectivity index (χ2n) is 4.73. The zero-order chi connectivity index (χ0) is 14.8. The predicted molar refractivity (Wildman–Crippen MR) is 89.2 cm³/mol. The van der Waals surface area contributed by atoms with E-state index in [-0.39, 0.29) is 0 Å². The van der Waals surface area contributed by atoms with Gasteiger partial charge in [0, 0.05) is 6.42 Å². The Morgan fingerprint density at radius 2 is 1.90 bits per heavy atom. The van der Waals surface area contributed by atoms with Gasteiger partial charge in [-0.1, -0.05) is 48.3 Å². The van der Waals surface area contributed by atoms with Crippen LogP contribution >= 0.6 is 23.2 Å². The SMILES string of the molecule is CCc1nc2ccccc2n1CNc1cccc(Cl)c1Cl. The summed E-state index contributed by atoms with van der Waals surface area (Å²) >= 11 is 12.2. The normalized spacial score (nSPS) is 11.0. The Morgan fingerprint density at radius 3 is 2.71 bits per heavy atom. The molecule has 3 aromatic rings. The zero-order valence-corrected chi connectivity index (χ0v) is 13.1. The maximum Gasteiger partial charge on any atom is 0.111 e. The number of benzene rings is 2. The van der Waals surface area contributed by atoms with Crippen LogP contribution in [0.1, 0.15) is 12.7 Å². The molecule has 1 aromatic heterocycles. The van der Waals surface area contributed by atoms with Crippen LogP contribution in [-0.4, -0.2) is 9.55 Å². The molecule has 0 aliphatic carbocycles. The lowest BCUT2D eigenvalue weighted by Gasteiger charge is -2.12. The first-order chi connectivity index (χ1) is 10.2. The molecule has 0 amide bonds. The lowest BCUT2D eigenvalue weighted by Crippen LogP contribution is -2.11. The van der Waals surface area contributed by atoms with Gasteiger partial charge in [-0.15, -0.1) is 0 Å². The number of nitrogens with one attached hydrogen (secondary N) is 1. The van der Waals surface area contributed by atoms with Crippen LogP contribution in [0.3, 0.4) is 0 Å². The number of aryl methyl sites for hydroxylation is 1. The van der Waals surface area contributed by atoms with Crippen molar-refractivity contribution in [3.8, 4) is 0 Å². The van der Waals surface area contributed by atoms with Gasteiger partial charge in [0.2, 0.25) is 0 Å². The molecule has 0 aliphatic heterocycles. The Bertz CT molecular complexity index is 780. The molecule has 108 valence electrons. The molecule has 0 fully saturated rings. The number of anilines is 1. The fourth-order valence-electron chi connectivity index (χ4n) is 2.38. The summed E-state index contributed by atoms with van der Waals surface area (Å²) in [7, 11) is 0. The Labute approximate surface area is 133 Å². The molecule has 0 spiro atoms. The lowest BCUT2D eigenvalue weighted by molar-refractivity contribution is 0.736. The maximum atomic E-state index is 6.21. The van der Waals surface area contributed by atoms with Gasteiger partial charge in [-0.3, -0.25) is 0 Å². The summed E-state index contributed by atoms with van der Waals surface area (Å²) in [6, 6.07) is 13.7. The second-order valence-corrected chi connectivity index (χ2v) is 5.52. The molecule has 21 heavy (non-hydrogen) atoms. The average Bonchev–Trinajstić information content (AvgIpc) is 2.86. The molecule has 1 N–H and O–H groups in total. The van der Waals surface area contributed by atoms with Gasteiger partial charge in [0.1, 0.15) is 5.82 Å². The van der Waals surface area contributed by atoms with E-state index in [1.54, 1.807) is 6.07 Å². The van der Waals surface area contributed by atoms with Gasteiger partial charge < -0.3 is 9.88 Å². The minimum Gasteiger partial charge on any atom is -0.366 e. The van der Waals surface area contributed by atoms with Crippen molar-refractivity contribution >= 4 is 39.9 Å². The van der Waals surface area contributed by atoms with Crippen LogP contribution in [0, 0.1) is 0 Å². The number of hydrogen-bond donors (Lipinski definition) is 1. The predicted octanol–water partition coefficient (Wildman–Crippen LogP) is 4.98. The number of para-hydroxylation sites is 2. The van der Waals surface area contributed by atoms with E-state index < -0.39 is 0 Å². The highest BCUT2D eigenvalue weighted by atomic mass is 35.5. The molecular formula is C16H15Cl2N3. The van der Waals surface area contributed by atoms with Crippen molar-refractivity contribution in [1.82, 2.24) is 9.55 Å². The largest absolute Gasteiger partial charge is 0.366 e. The van der Waals surface area contributed by atoms with E-state index in [2.05, 4.69) is 27.9 Å². The van der Waals surface area contributed by atoms with Crippen molar-refractivity contribution in [1.29, 1.82) is 0 Å². The van der Waals surface area contributed by atoms with Crippen molar-refractivity contribution in [2.75, 3.05) is 5.32 Å². The first-order valence-electron chi connectivity index (χ1n) is 6.82. The average molecular weight is 320 g/mol. The third-order valence-corrected chi connectivity index (χ3v) is 4.25. The van der Waals surface area contributed by atoms with Crippen LogP contribution in [0.25, 0.3) is 11.0 Å². The first kappa shape index (κ1) is 14.2. The summed E-state index contributed by atoms with van der Waals surface area (Å²) in [6.07, 6.45) is 0.875. The monoisotopic (exact) mass is 319 g/mol. The molecule has 0 radical (unpaired) electrons. The molecule has 0 unspecified atom stereocenters. The molecule has 0 atom stereocenters. The van der Waals surface area contributed by atoms with Crippen molar-refractivity contribution in [3.63, 3.8) is 0 Å². The first-order valence-corrected chi connectivity index (χ1v) is 7.58. The minimum absolute atomic E-state index is 0.543. The number of fused-ring (bicyclic) bond motifs is 1. The van der Waals surface area contributed by atoms with Gasteiger partial charge in [-0.2, -0.15) is 0 Å². The molecule has 0 saturated carbocycles. The fraction of sp³-hybridized carbons (Fsp3) is 0.188. The summed E-state index contributed by atoms with van der Waals surface area (Å²) in [4.78, 5) is 4.65. The third-order valence-electron chi connectivity index (χ3n) is 3.43. The van der Waals surface area contributed by atoms with Crippen LogP contribution in [-0.2, 0) is 13.1 Å². The Kier molecular flexibility index (Phi) is 4.04. The van der Waals surface area contributed by atoms with E-state index in [0.29, 0.717) is 16.7 Å². The Balaban J connectivity index is 1.93.